The number of carboxylic acid groups (broad SMARTS) is 1. The molecule has 110 valence electrons. The topological polar surface area (TPSA) is 82.5 Å². The summed E-state index contributed by atoms with van der Waals surface area (Å²) in [5.74, 6) is 0.151. The summed E-state index contributed by atoms with van der Waals surface area (Å²) in [4.78, 5) is 15.0. The van der Waals surface area contributed by atoms with E-state index < -0.39 is 5.97 Å². The van der Waals surface area contributed by atoms with Crippen LogP contribution < -0.4 is 5.32 Å². The number of aromatic nitrogens is 1. The Labute approximate surface area is 123 Å². The molecule has 0 spiro atoms. The zero-order valence-corrected chi connectivity index (χ0v) is 11.9. The van der Waals surface area contributed by atoms with Crippen molar-refractivity contribution in [1.82, 2.24) is 4.98 Å². The van der Waals surface area contributed by atoms with E-state index in [-0.39, 0.29) is 17.3 Å². The normalized spacial score (nSPS) is 22.5. The van der Waals surface area contributed by atoms with Gasteiger partial charge in [-0.05, 0) is 36.8 Å². The molecule has 0 saturated heterocycles. The molecule has 1 fully saturated rings. The van der Waals surface area contributed by atoms with Gasteiger partial charge in [0.1, 0.15) is 11.0 Å². The van der Waals surface area contributed by atoms with Crippen LogP contribution in [0.3, 0.4) is 0 Å². The van der Waals surface area contributed by atoms with E-state index in [1.54, 1.807) is 0 Å². The number of anilines is 1. The van der Waals surface area contributed by atoms with E-state index in [2.05, 4.69) is 10.3 Å². The molecule has 5 nitrogen and oxygen atoms in total. The van der Waals surface area contributed by atoms with E-state index in [1.165, 1.54) is 25.0 Å². The molecular formula is C14H19ClN2O3. The first-order chi connectivity index (χ1) is 9.60. The van der Waals surface area contributed by atoms with Crippen molar-refractivity contribution in [2.24, 2.45) is 11.8 Å². The van der Waals surface area contributed by atoms with Crippen molar-refractivity contribution < 1.29 is 15.0 Å². The van der Waals surface area contributed by atoms with Crippen molar-refractivity contribution in [3.8, 4) is 0 Å². The second kappa shape index (κ2) is 6.90. The molecule has 0 bridgehead atoms. The number of aliphatic hydroxyl groups excluding tert-OH is 1. The lowest BCUT2D eigenvalue weighted by Crippen LogP contribution is -2.28. The average Bonchev–Trinajstić information content (AvgIpc) is 2.44. The van der Waals surface area contributed by atoms with Gasteiger partial charge >= 0.3 is 5.97 Å². The van der Waals surface area contributed by atoms with E-state index in [4.69, 9.17) is 16.7 Å². The van der Waals surface area contributed by atoms with E-state index in [0.29, 0.717) is 24.2 Å². The summed E-state index contributed by atoms with van der Waals surface area (Å²) in [6, 6.07) is 2.80. The van der Waals surface area contributed by atoms with Crippen LogP contribution in [0.4, 0.5) is 5.82 Å². The highest BCUT2D eigenvalue weighted by atomic mass is 35.5. The second-order valence-corrected chi connectivity index (χ2v) is 5.62. The molecule has 20 heavy (non-hydrogen) atoms. The largest absolute Gasteiger partial charge is 0.478 e. The van der Waals surface area contributed by atoms with Crippen molar-refractivity contribution in [2.75, 3.05) is 18.5 Å². The Balaban J connectivity index is 2.01. The number of carboxylic acids is 1. The quantitative estimate of drug-likeness (QED) is 0.728. The number of rotatable bonds is 5. The van der Waals surface area contributed by atoms with Crippen LogP contribution in [0.1, 0.15) is 36.0 Å². The number of nitrogens with one attached hydrogen (secondary N) is 1. The minimum atomic E-state index is -1.02. The van der Waals surface area contributed by atoms with E-state index >= 15 is 0 Å². The first-order valence-electron chi connectivity index (χ1n) is 6.85. The molecule has 1 aliphatic rings. The molecule has 2 unspecified atom stereocenters. The number of hydrogen-bond donors (Lipinski definition) is 3. The molecule has 0 aromatic carbocycles. The lowest BCUT2D eigenvalue weighted by Gasteiger charge is -2.30. The minimum Gasteiger partial charge on any atom is -0.478 e. The highest BCUT2D eigenvalue weighted by molar-refractivity contribution is 6.29. The molecule has 1 saturated carbocycles. The Morgan fingerprint density at radius 2 is 2.05 bits per heavy atom. The maximum Gasteiger partial charge on any atom is 0.335 e. The maximum atomic E-state index is 11.0. The minimum absolute atomic E-state index is 0.120. The molecule has 1 aliphatic carbocycles. The monoisotopic (exact) mass is 298 g/mol. The van der Waals surface area contributed by atoms with Crippen LogP contribution in [0.5, 0.6) is 0 Å². The summed E-state index contributed by atoms with van der Waals surface area (Å²) in [7, 11) is 0. The first kappa shape index (κ1) is 15.1. The van der Waals surface area contributed by atoms with Crippen LogP contribution in [0.15, 0.2) is 12.1 Å². The van der Waals surface area contributed by atoms with Gasteiger partial charge < -0.3 is 15.5 Å². The third-order valence-electron chi connectivity index (χ3n) is 3.89. The molecule has 0 radical (unpaired) electrons. The fraction of sp³-hybridized carbons (Fsp3) is 0.571. The van der Waals surface area contributed by atoms with Gasteiger partial charge in [0.05, 0.1) is 5.56 Å². The lowest BCUT2D eigenvalue weighted by atomic mass is 9.79. The molecule has 1 aromatic heterocycles. The molecular weight excluding hydrogens is 280 g/mol. The molecule has 2 atom stereocenters. The van der Waals surface area contributed by atoms with Gasteiger partial charge in [-0.3, -0.25) is 0 Å². The summed E-state index contributed by atoms with van der Waals surface area (Å²) in [6.45, 7) is 0.882. The molecule has 2 rings (SSSR count). The fourth-order valence-corrected chi connectivity index (χ4v) is 2.95. The number of pyridine rings is 1. The molecule has 3 N–H and O–H groups in total. The van der Waals surface area contributed by atoms with Gasteiger partial charge in [0.2, 0.25) is 0 Å². The smallest absolute Gasteiger partial charge is 0.335 e. The summed E-state index contributed by atoms with van der Waals surface area (Å²) in [6.07, 6.45) is 4.46. The number of aliphatic hydroxyl groups is 1. The Hall–Kier alpha value is -1.33. The predicted octanol–water partition coefficient (Wildman–Crippen LogP) is 2.64. The van der Waals surface area contributed by atoms with Crippen LogP contribution in [0.25, 0.3) is 0 Å². The van der Waals surface area contributed by atoms with Crippen LogP contribution in [-0.2, 0) is 0 Å². The van der Waals surface area contributed by atoms with Crippen LogP contribution in [0.2, 0.25) is 5.15 Å². The number of nitrogens with zero attached hydrogens (tertiary/aromatic N) is 1. The maximum absolute atomic E-state index is 11.0. The SMILES string of the molecule is O=C(O)c1cc(Cl)nc(NCC2CCCCC2CO)c1. The predicted molar refractivity (Wildman–Crippen MR) is 77.2 cm³/mol. The Morgan fingerprint density at radius 1 is 1.35 bits per heavy atom. The summed E-state index contributed by atoms with van der Waals surface area (Å²) in [5.41, 5.74) is 0.120. The van der Waals surface area contributed by atoms with Gasteiger partial charge in [0.15, 0.2) is 0 Å². The number of carbonyl (C=O) groups is 1. The van der Waals surface area contributed by atoms with E-state index in [9.17, 15) is 9.90 Å². The van der Waals surface area contributed by atoms with Gasteiger partial charge in [-0.1, -0.05) is 24.4 Å². The molecule has 1 aromatic rings. The molecule has 6 heteroatoms. The standard InChI is InChI=1S/C14H19ClN2O3/c15-12-5-11(14(19)20)6-13(17-12)16-7-9-3-1-2-4-10(9)8-18/h5-6,9-10,18H,1-4,7-8H2,(H,16,17)(H,19,20). The van der Waals surface area contributed by atoms with Crippen LogP contribution in [-0.4, -0.2) is 34.3 Å². The van der Waals surface area contributed by atoms with E-state index in [1.807, 2.05) is 0 Å². The van der Waals surface area contributed by atoms with Gasteiger partial charge in [0.25, 0.3) is 0 Å². The summed E-state index contributed by atoms with van der Waals surface area (Å²) in [5, 5.41) is 21.7. The zero-order chi connectivity index (χ0) is 14.5. The second-order valence-electron chi connectivity index (χ2n) is 5.24. The average molecular weight is 299 g/mol. The van der Waals surface area contributed by atoms with Gasteiger partial charge in [0, 0.05) is 13.2 Å². The fourth-order valence-electron chi connectivity index (χ4n) is 2.74. The van der Waals surface area contributed by atoms with Gasteiger partial charge in [-0.2, -0.15) is 0 Å². The molecule has 0 amide bonds. The third kappa shape index (κ3) is 3.84. The third-order valence-corrected chi connectivity index (χ3v) is 4.08. The summed E-state index contributed by atoms with van der Waals surface area (Å²) >= 11 is 5.82. The Kier molecular flexibility index (Phi) is 5.20. The number of halogens is 1. The number of hydrogen-bond acceptors (Lipinski definition) is 4. The number of aromatic carboxylic acids is 1. The van der Waals surface area contributed by atoms with Crippen molar-refractivity contribution in [3.05, 3.63) is 22.8 Å². The summed E-state index contributed by atoms with van der Waals surface area (Å²) < 4.78 is 0. The van der Waals surface area contributed by atoms with Crippen LogP contribution >= 0.6 is 11.6 Å². The van der Waals surface area contributed by atoms with Crippen molar-refractivity contribution in [1.29, 1.82) is 0 Å². The van der Waals surface area contributed by atoms with Crippen molar-refractivity contribution in [2.45, 2.75) is 25.7 Å². The highest BCUT2D eigenvalue weighted by Crippen LogP contribution is 2.29. The van der Waals surface area contributed by atoms with Gasteiger partial charge in [-0.15, -0.1) is 0 Å². The van der Waals surface area contributed by atoms with Crippen molar-refractivity contribution >= 4 is 23.4 Å². The zero-order valence-electron chi connectivity index (χ0n) is 11.2. The molecule has 0 aliphatic heterocycles. The lowest BCUT2D eigenvalue weighted by molar-refractivity contribution is 0.0697. The first-order valence-corrected chi connectivity index (χ1v) is 7.23. The molecule has 1 heterocycles. The van der Waals surface area contributed by atoms with Crippen molar-refractivity contribution in [3.63, 3.8) is 0 Å². The highest BCUT2D eigenvalue weighted by Gasteiger charge is 2.24. The van der Waals surface area contributed by atoms with Gasteiger partial charge in [-0.25, -0.2) is 9.78 Å². The Morgan fingerprint density at radius 3 is 2.70 bits per heavy atom. The Bertz CT molecular complexity index is 481. The van der Waals surface area contributed by atoms with Crippen LogP contribution in [0, 0.1) is 11.8 Å². The van der Waals surface area contributed by atoms with E-state index in [0.717, 1.165) is 12.8 Å².